The largest absolute Gasteiger partial charge is 0.488 e. The first-order valence-corrected chi connectivity index (χ1v) is 8.51. The van der Waals surface area contributed by atoms with E-state index >= 15 is 0 Å². The van der Waals surface area contributed by atoms with E-state index in [1.807, 2.05) is 0 Å². The van der Waals surface area contributed by atoms with Gasteiger partial charge in [-0.3, -0.25) is 4.79 Å². The Kier molecular flexibility index (Phi) is 7.33. The number of aliphatic hydroxyl groups excluding tert-OH is 1. The Hall–Kier alpha value is -3.85. The molecule has 0 aliphatic rings. The van der Waals surface area contributed by atoms with Crippen molar-refractivity contribution >= 4 is 17.7 Å². The number of aromatic carboxylic acids is 1. The third-order valence-electron chi connectivity index (χ3n) is 3.57. The number of amides is 1. The number of hydrogen-bond acceptors (Lipinski definition) is 6. The van der Waals surface area contributed by atoms with Crippen molar-refractivity contribution in [2.75, 3.05) is 6.61 Å². The summed E-state index contributed by atoms with van der Waals surface area (Å²) in [6, 6.07) is 10.0. The van der Waals surface area contributed by atoms with Gasteiger partial charge in [-0.25, -0.2) is 4.79 Å². The van der Waals surface area contributed by atoms with Crippen LogP contribution in [0.2, 0.25) is 0 Å². The molecule has 0 aliphatic carbocycles. The lowest BCUT2D eigenvalue weighted by Crippen LogP contribution is -2.28. The molecular weight excluding hydrogens is 378 g/mol. The van der Waals surface area contributed by atoms with Crippen molar-refractivity contribution in [2.45, 2.75) is 13.0 Å². The number of nitrogens with two attached hydrogens (primary N) is 1. The van der Waals surface area contributed by atoms with Crippen LogP contribution in [0.25, 0.3) is 5.41 Å². The second-order valence-electron chi connectivity index (χ2n) is 5.93. The van der Waals surface area contributed by atoms with Gasteiger partial charge in [-0.15, -0.1) is 0 Å². The molecule has 0 unspecified atom stereocenters. The third kappa shape index (κ3) is 6.36. The maximum absolute atomic E-state index is 12.4. The summed E-state index contributed by atoms with van der Waals surface area (Å²) in [7, 11) is 0. The average molecular weight is 398 g/mol. The molecule has 2 aromatic rings. The van der Waals surface area contributed by atoms with Gasteiger partial charge >= 0.3 is 5.97 Å². The van der Waals surface area contributed by atoms with Crippen molar-refractivity contribution in [3.8, 4) is 17.2 Å². The number of ether oxygens (including phenoxy) is 2. The summed E-state index contributed by atoms with van der Waals surface area (Å²) in [5, 5.41) is 30.0. The lowest BCUT2D eigenvalue weighted by molar-refractivity contribution is 0.0696. The summed E-state index contributed by atoms with van der Waals surface area (Å²) in [5.41, 5.74) is 5.38. The molecule has 5 N–H and O–H groups in total. The van der Waals surface area contributed by atoms with Gasteiger partial charge in [-0.1, -0.05) is 5.84 Å². The molecule has 9 heteroatoms. The van der Waals surface area contributed by atoms with Crippen LogP contribution in [0.4, 0.5) is 0 Å². The number of nitrogens with one attached hydrogen (secondary N) is 1. The van der Waals surface area contributed by atoms with Crippen LogP contribution in [0, 0.1) is 0 Å². The fraction of sp³-hybridized carbons (Fsp3) is 0.150. The fourth-order valence-electron chi connectivity index (χ4n) is 2.22. The molecule has 1 amide bonds. The Labute approximate surface area is 166 Å². The summed E-state index contributed by atoms with van der Waals surface area (Å²) in [4.78, 5) is 23.3. The predicted octanol–water partition coefficient (Wildman–Crippen LogP) is 2.11. The Morgan fingerprint density at radius 3 is 2.38 bits per heavy atom. The maximum Gasteiger partial charge on any atom is 0.335 e. The van der Waals surface area contributed by atoms with Gasteiger partial charge in [-0.2, -0.15) is 0 Å². The van der Waals surface area contributed by atoms with Crippen LogP contribution in [-0.4, -0.2) is 40.6 Å². The van der Waals surface area contributed by atoms with Gasteiger partial charge in [-0.05, 0) is 55.6 Å². The number of carboxylic acid groups (broad SMARTS) is 1. The van der Waals surface area contributed by atoms with E-state index in [0.717, 1.165) is 12.3 Å². The summed E-state index contributed by atoms with van der Waals surface area (Å²) < 4.78 is 11.2. The van der Waals surface area contributed by atoms with Crippen molar-refractivity contribution in [3.05, 3.63) is 71.3 Å². The molecule has 29 heavy (non-hydrogen) atoms. The van der Waals surface area contributed by atoms with E-state index in [4.69, 9.17) is 20.3 Å². The number of hydrogen-bond donors (Lipinski definition) is 4. The predicted molar refractivity (Wildman–Crippen MR) is 106 cm³/mol. The van der Waals surface area contributed by atoms with Crippen molar-refractivity contribution in [2.24, 2.45) is 5.73 Å². The highest BCUT2D eigenvalue weighted by Crippen LogP contribution is 2.28. The fourth-order valence-corrected chi connectivity index (χ4v) is 2.22. The average Bonchev–Trinajstić information content (AvgIpc) is 2.68. The second kappa shape index (κ2) is 9.90. The molecule has 0 spiro atoms. The highest BCUT2D eigenvalue weighted by molar-refractivity contribution is 6.11. The van der Waals surface area contributed by atoms with Gasteiger partial charge in [0.05, 0.1) is 12.2 Å². The summed E-state index contributed by atoms with van der Waals surface area (Å²) >= 11 is 0. The van der Waals surface area contributed by atoms with Crippen LogP contribution < -0.4 is 20.5 Å². The van der Waals surface area contributed by atoms with E-state index < -0.39 is 23.8 Å². The zero-order valence-corrected chi connectivity index (χ0v) is 15.5. The number of rotatable bonds is 8. The van der Waals surface area contributed by atoms with Crippen molar-refractivity contribution in [1.29, 1.82) is 0 Å². The first-order valence-electron chi connectivity index (χ1n) is 8.51. The van der Waals surface area contributed by atoms with Gasteiger partial charge in [0, 0.05) is 11.6 Å². The number of carbonyl (C=O) groups is 2. The van der Waals surface area contributed by atoms with Crippen LogP contribution in [0.3, 0.4) is 0 Å². The van der Waals surface area contributed by atoms with E-state index in [-0.39, 0.29) is 29.2 Å². The number of nitrogens with zero attached hydrogens (tertiary/aromatic N) is 1. The smallest absolute Gasteiger partial charge is 0.335 e. The number of benzene rings is 2. The minimum Gasteiger partial charge on any atom is -0.488 e. The molecule has 0 radical (unpaired) electrons. The minimum atomic E-state index is -1.06. The minimum absolute atomic E-state index is 0.102. The van der Waals surface area contributed by atoms with Crippen LogP contribution in [-0.2, 0) is 0 Å². The lowest BCUT2D eigenvalue weighted by atomic mass is 10.1. The van der Waals surface area contributed by atoms with Crippen molar-refractivity contribution in [3.63, 3.8) is 0 Å². The first kappa shape index (κ1) is 21.5. The molecule has 0 aliphatic heterocycles. The van der Waals surface area contributed by atoms with Gasteiger partial charge in [0.1, 0.15) is 23.4 Å². The normalized spacial score (nSPS) is 11.7. The van der Waals surface area contributed by atoms with Crippen LogP contribution in [0.5, 0.6) is 17.2 Å². The molecule has 0 fully saturated rings. The third-order valence-corrected chi connectivity index (χ3v) is 3.57. The highest BCUT2D eigenvalue weighted by Gasteiger charge is 2.11. The molecule has 0 saturated heterocycles. The lowest BCUT2D eigenvalue weighted by Gasteiger charge is -2.17. The number of aliphatic hydroxyl groups is 1. The maximum atomic E-state index is 12.4. The Bertz CT molecular complexity index is 924. The molecule has 0 aromatic heterocycles. The number of amidine groups is 1. The van der Waals surface area contributed by atoms with E-state index in [0.29, 0.717) is 5.75 Å². The van der Waals surface area contributed by atoms with Gasteiger partial charge < -0.3 is 36.1 Å². The monoisotopic (exact) mass is 398 g/mol. The molecule has 152 valence electrons. The molecule has 1 atom stereocenters. The van der Waals surface area contributed by atoms with Crippen molar-refractivity contribution < 1.29 is 29.3 Å². The molecule has 0 saturated carbocycles. The summed E-state index contributed by atoms with van der Waals surface area (Å²) in [5.74, 6) is -1.33. The Morgan fingerprint density at radius 2 is 1.79 bits per heavy atom. The molecule has 2 rings (SSSR count). The molecule has 0 heterocycles. The Morgan fingerprint density at radius 1 is 1.14 bits per heavy atom. The zero-order chi connectivity index (χ0) is 21.4. The number of carboxylic acids is 1. The van der Waals surface area contributed by atoms with Gasteiger partial charge in [0.2, 0.25) is 0 Å². The SMILES string of the molecule is C[C@@H](CO)Oc1cc(Oc2ccc(C(=O)O)cc2)cc(C(=O)NC(=[N-])/C=C\N)c1. The van der Waals surface area contributed by atoms with E-state index in [2.05, 4.69) is 5.32 Å². The van der Waals surface area contributed by atoms with E-state index in [1.54, 1.807) is 6.92 Å². The first-order chi connectivity index (χ1) is 13.8. The van der Waals surface area contributed by atoms with Crippen LogP contribution in [0.1, 0.15) is 27.6 Å². The van der Waals surface area contributed by atoms with E-state index in [9.17, 15) is 20.1 Å². The Balaban J connectivity index is 2.31. The summed E-state index contributed by atoms with van der Waals surface area (Å²) in [6.07, 6.45) is 1.64. The molecule has 0 bridgehead atoms. The second-order valence-corrected chi connectivity index (χ2v) is 5.93. The number of carbonyl (C=O) groups excluding carboxylic acids is 1. The van der Waals surface area contributed by atoms with Crippen LogP contribution in [0.15, 0.2) is 54.7 Å². The topological polar surface area (TPSA) is 153 Å². The zero-order valence-electron chi connectivity index (χ0n) is 15.5. The molecule has 2 aromatic carbocycles. The quantitative estimate of drug-likeness (QED) is 0.392. The molecular formula is C20H20N3O6-. The standard InChI is InChI=1S/C20H20N3O6/c1-12(11-24)28-16-8-14(19(25)23-18(22)6-7-21)9-17(10-16)29-15-4-2-13(3-5-15)20(26)27/h2-10,12,24H,11H2,1H3,(H4-,21,22,23,25,26,27)/q-1/t12-/m0/s1. The highest BCUT2D eigenvalue weighted by atomic mass is 16.5. The van der Waals surface area contributed by atoms with E-state index in [1.165, 1.54) is 42.5 Å². The molecule has 9 nitrogen and oxygen atoms in total. The van der Waals surface area contributed by atoms with Crippen LogP contribution >= 0.6 is 0 Å². The van der Waals surface area contributed by atoms with Crippen molar-refractivity contribution in [1.82, 2.24) is 5.32 Å². The van der Waals surface area contributed by atoms with Gasteiger partial charge in [0.25, 0.3) is 0 Å². The summed E-state index contributed by atoms with van der Waals surface area (Å²) in [6.45, 7) is 1.41. The van der Waals surface area contributed by atoms with Gasteiger partial charge in [0.15, 0.2) is 5.91 Å².